The Bertz CT molecular complexity index is 753. The van der Waals surface area contributed by atoms with Gasteiger partial charge in [0.25, 0.3) is 0 Å². The molecule has 1 amide bonds. The zero-order valence-corrected chi connectivity index (χ0v) is 16.9. The third-order valence-electron chi connectivity index (χ3n) is 3.45. The second-order valence-corrected chi connectivity index (χ2v) is 8.33. The first-order chi connectivity index (χ1) is 12.5. The Morgan fingerprint density at radius 3 is 2.54 bits per heavy atom. The molecule has 0 fully saturated rings. The number of nitrogens with one attached hydrogen (secondary N) is 1. The number of thioether (sulfide) groups is 2. The van der Waals surface area contributed by atoms with Crippen LogP contribution in [0.15, 0.2) is 58.3 Å². The lowest BCUT2D eigenvalue weighted by Gasteiger charge is -2.14. The summed E-state index contributed by atoms with van der Waals surface area (Å²) in [6.07, 6.45) is 0. The van der Waals surface area contributed by atoms with E-state index in [9.17, 15) is 9.59 Å². The normalized spacial score (nSPS) is 11.7. The molecule has 138 valence electrons. The van der Waals surface area contributed by atoms with Crippen molar-refractivity contribution in [2.24, 2.45) is 0 Å². The first-order valence-electron chi connectivity index (χ1n) is 8.01. The van der Waals surface area contributed by atoms with Gasteiger partial charge >= 0.3 is 5.97 Å². The lowest BCUT2D eigenvalue weighted by atomic mass is 10.2. The highest BCUT2D eigenvalue weighted by atomic mass is 35.5. The monoisotopic (exact) mass is 409 g/mol. The minimum absolute atomic E-state index is 0.0635. The quantitative estimate of drug-likeness (QED) is 0.394. The summed E-state index contributed by atoms with van der Waals surface area (Å²) in [5.74, 6) is 0.301. The molecule has 2 rings (SSSR count). The van der Waals surface area contributed by atoms with Crippen LogP contribution in [0.3, 0.4) is 0 Å². The zero-order valence-electron chi connectivity index (χ0n) is 14.5. The largest absolute Gasteiger partial charge is 0.465 e. The molecule has 4 nitrogen and oxygen atoms in total. The summed E-state index contributed by atoms with van der Waals surface area (Å²) in [6.45, 7) is 2.38. The van der Waals surface area contributed by atoms with Crippen LogP contribution < -0.4 is 5.32 Å². The fourth-order valence-electron chi connectivity index (χ4n) is 2.11. The molecule has 0 aliphatic rings. The predicted octanol–water partition coefficient (Wildman–Crippen LogP) is 4.52. The highest BCUT2D eigenvalue weighted by Gasteiger charge is 2.18. The number of rotatable bonds is 8. The van der Waals surface area contributed by atoms with E-state index in [0.29, 0.717) is 17.1 Å². The molecule has 0 saturated carbocycles. The number of methoxy groups -OCH3 is 1. The van der Waals surface area contributed by atoms with Gasteiger partial charge in [0.15, 0.2) is 0 Å². The minimum atomic E-state index is -0.403. The van der Waals surface area contributed by atoms with Crippen LogP contribution >= 0.6 is 35.1 Å². The molecule has 7 heteroatoms. The van der Waals surface area contributed by atoms with Crippen LogP contribution in [0.25, 0.3) is 0 Å². The molecule has 2 aromatic rings. The van der Waals surface area contributed by atoms with E-state index in [1.54, 1.807) is 23.9 Å². The molecule has 1 N–H and O–H groups in total. The average molecular weight is 410 g/mol. The maximum Gasteiger partial charge on any atom is 0.338 e. The molecule has 0 aliphatic carbocycles. The Kier molecular flexibility index (Phi) is 8.35. The smallest absolute Gasteiger partial charge is 0.338 e. The first kappa shape index (κ1) is 20.7. The summed E-state index contributed by atoms with van der Waals surface area (Å²) in [4.78, 5) is 25.9. The van der Waals surface area contributed by atoms with Crippen LogP contribution in [-0.4, -0.2) is 36.5 Å². The molecule has 1 atom stereocenters. The number of hydrogen-bond acceptors (Lipinski definition) is 5. The Morgan fingerprint density at radius 1 is 1.15 bits per heavy atom. The number of ether oxygens (including phenoxy) is 1. The molecule has 0 radical (unpaired) electrons. The number of hydrogen-bond donors (Lipinski definition) is 1. The van der Waals surface area contributed by atoms with Crippen molar-refractivity contribution in [3.05, 3.63) is 59.1 Å². The summed E-state index contributed by atoms with van der Waals surface area (Å²) in [5, 5.41) is 3.31. The topological polar surface area (TPSA) is 55.4 Å². The van der Waals surface area contributed by atoms with Crippen molar-refractivity contribution >= 4 is 47.0 Å². The number of carbonyl (C=O) groups excluding carboxylic acids is 2. The van der Waals surface area contributed by atoms with Crippen LogP contribution in [-0.2, 0) is 9.53 Å². The molecular formula is C19H20ClNO3S2. The van der Waals surface area contributed by atoms with Gasteiger partial charge in [-0.3, -0.25) is 4.79 Å². The van der Waals surface area contributed by atoms with E-state index in [0.717, 1.165) is 15.5 Å². The highest BCUT2D eigenvalue weighted by Crippen LogP contribution is 2.27. The molecule has 0 saturated heterocycles. The lowest BCUT2D eigenvalue weighted by Crippen LogP contribution is -2.32. The van der Waals surface area contributed by atoms with E-state index in [1.807, 2.05) is 43.3 Å². The van der Waals surface area contributed by atoms with Gasteiger partial charge in [-0.25, -0.2) is 4.79 Å². The molecule has 2 aromatic carbocycles. The van der Waals surface area contributed by atoms with Crippen molar-refractivity contribution < 1.29 is 14.3 Å². The molecule has 26 heavy (non-hydrogen) atoms. The van der Waals surface area contributed by atoms with Crippen LogP contribution in [0, 0.1) is 0 Å². The van der Waals surface area contributed by atoms with Crippen molar-refractivity contribution in [1.29, 1.82) is 0 Å². The minimum Gasteiger partial charge on any atom is -0.465 e. The number of halogens is 1. The van der Waals surface area contributed by atoms with Gasteiger partial charge in [-0.15, -0.1) is 23.5 Å². The molecule has 0 bridgehead atoms. The van der Waals surface area contributed by atoms with E-state index in [-0.39, 0.29) is 11.2 Å². The number of carbonyl (C=O) groups is 2. The van der Waals surface area contributed by atoms with Gasteiger partial charge in [0.2, 0.25) is 5.91 Å². The Labute approximate surface area is 167 Å². The number of amides is 1. The van der Waals surface area contributed by atoms with Gasteiger partial charge in [0, 0.05) is 27.1 Å². The summed E-state index contributed by atoms with van der Waals surface area (Å²) < 4.78 is 4.78. The molecule has 0 spiro atoms. The van der Waals surface area contributed by atoms with Gasteiger partial charge in [0.1, 0.15) is 0 Å². The van der Waals surface area contributed by atoms with E-state index in [1.165, 1.54) is 18.9 Å². The van der Waals surface area contributed by atoms with Gasteiger partial charge in [0.05, 0.1) is 17.9 Å². The lowest BCUT2D eigenvalue weighted by molar-refractivity contribution is -0.120. The predicted molar refractivity (Wildman–Crippen MR) is 108 cm³/mol. The van der Waals surface area contributed by atoms with Crippen molar-refractivity contribution in [3.63, 3.8) is 0 Å². The van der Waals surface area contributed by atoms with E-state index >= 15 is 0 Å². The molecule has 0 aliphatic heterocycles. The van der Waals surface area contributed by atoms with Crippen LogP contribution in [0.2, 0.25) is 5.02 Å². The zero-order chi connectivity index (χ0) is 18.9. The van der Waals surface area contributed by atoms with Crippen molar-refractivity contribution in [2.75, 3.05) is 19.4 Å². The Balaban J connectivity index is 1.81. The molecule has 0 unspecified atom stereocenters. The van der Waals surface area contributed by atoms with Gasteiger partial charge < -0.3 is 10.1 Å². The van der Waals surface area contributed by atoms with Crippen molar-refractivity contribution in [2.45, 2.75) is 22.0 Å². The second kappa shape index (κ2) is 10.5. The van der Waals surface area contributed by atoms with Crippen molar-refractivity contribution in [3.8, 4) is 0 Å². The van der Waals surface area contributed by atoms with E-state index in [2.05, 4.69) is 5.32 Å². The molecule has 0 aromatic heterocycles. The fraction of sp³-hybridized carbons (Fsp3) is 0.263. The maximum absolute atomic E-state index is 12.3. The average Bonchev–Trinajstić information content (AvgIpc) is 2.66. The van der Waals surface area contributed by atoms with Crippen LogP contribution in [0.5, 0.6) is 0 Å². The van der Waals surface area contributed by atoms with Gasteiger partial charge in [-0.2, -0.15) is 0 Å². The highest BCUT2D eigenvalue weighted by molar-refractivity contribution is 8.00. The Morgan fingerprint density at radius 2 is 1.85 bits per heavy atom. The third-order valence-corrected chi connectivity index (χ3v) is 5.89. The summed E-state index contributed by atoms with van der Waals surface area (Å²) >= 11 is 8.86. The van der Waals surface area contributed by atoms with E-state index < -0.39 is 5.97 Å². The van der Waals surface area contributed by atoms with Gasteiger partial charge in [-0.05, 0) is 43.3 Å². The summed E-state index contributed by atoms with van der Waals surface area (Å²) in [5.41, 5.74) is 0.470. The summed E-state index contributed by atoms with van der Waals surface area (Å²) in [7, 11) is 1.35. The SMILES string of the molecule is COC(=O)c1ccccc1S[C@H](C)C(=O)NCCSc1ccc(Cl)cc1. The first-order valence-corrected chi connectivity index (χ1v) is 10.3. The van der Waals surface area contributed by atoms with Crippen LogP contribution in [0.4, 0.5) is 0 Å². The molecule has 0 heterocycles. The fourth-order valence-corrected chi connectivity index (χ4v) is 4.01. The van der Waals surface area contributed by atoms with Crippen LogP contribution in [0.1, 0.15) is 17.3 Å². The number of esters is 1. The molecular weight excluding hydrogens is 390 g/mol. The van der Waals surface area contributed by atoms with E-state index in [4.69, 9.17) is 16.3 Å². The Hall–Kier alpha value is -1.63. The third kappa shape index (κ3) is 6.27. The summed E-state index contributed by atoms with van der Waals surface area (Å²) in [6, 6.07) is 14.7. The second-order valence-electron chi connectivity index (χ2n) is 5.34. The maximum atomic E-state index is 12.3. The number of benzene rings is 2. The van der Waals surface area contributed by atoms with Gasteiger partial charge in [-0.1, -0.05) is 23.7 Å². The standard InChI is InChI=1S/C19H20ClNO3S2/c1-13(26-17-6-4-3-5-16(17)19(23)24-2)18(22)21-11-12-25-15-9-7-14(20)8-10-15/h3-10,13H,11-12H2,1-2H3,(H,21,22)/t13-/m1/s1. The van der Waals surface area contributed by atoms with Crippen molar-refractivity contribution in [1.82, 2.24) is 5.32 Å².